The van der Waals surface area contributed by atoms with Crippen molar-refractivity contribution in [2.45, 2.75) is 13.0 Å². The predicted molar refractivity (Wildman–Crippen MR) is 78.3 cm³/mol. The van der Waals surface area contributed by atoms with E-state index in [-0.39, 0.29) is 18.3 Å². The van der Waals surface area contributed by atoms with Crippen LogP contribution in [0.1, 0.15) is 16.6 Å². The summed E-state index contributed by atoms with van der Waals surface area (Å²) in [7, 11) is 0. The minimum absolute atomic E-state index is 0.0317. The van der Waals surface area contributed by atoms with E-state index in [1.807, 2.05) is 6.92 Å². The molecule has 0 spiro atoms. The lowest BCUT2D eigenvalue weighted by molar-refractivity contribution is -0.384. The molecule has 0 aliphatic carbocycles. The van der Waals surface area contributed by atoms with Gasteiger partial charge in [0.05, 0.1) is 27.0 Å². The average Bonchev–Trinajstić information content (AvgIpc) is 2.90. The third kappa shape index (κ3) is 3.54. The van der Waals surface area contributed by atoms with Crippen molar-refractivity contribution < 1.29 is 14.5 Å². The normalized spacial score (nSPS) is 11.7. The number of para-hydroxylation sites is 2. The zero-order valence-corrected chi connectivity index (χ0v) is 12.0. The van der Waals surface area contributed by atoms with Gasteiger partial charge in [0, 0.05) is 6.07 Å². The topological polar surface area (TPSA) is 94.4 Å². The Morgan fingerprint density at radius 1 is 1.52 bits per heavy atom. The summed E-state index contributed by atoms with van der Waals surface area (Å²) >= 11 is 1.40. The molecular weight excluding hydrogens is 294 g/mol. The molecular formula is C13H13N3O4S. The van der Waals surface area contributed by atoms with Crippen molar-refractivity contribution in [2.75, 3.05) is 11.9 Å². The van der Waals surface area contributed by atoms with Gasteiger partial charge in [-0.3, -0.25) is 14.9 Å². The van der Waals surface area contributed by atoms with Crippen molar-refractivity contribution in [1.82, 2.24) is 4.98 Å². The van der Waals surface area contributed by atoms with E-state index in [0.717, 1.165) is 10.6 Å². The minimum atomic E-state index is -0.459. The molecule has 0 amide bonds. The summed E-state index contributed by atoms with van der Waals surface area (Å²) < 4.78 is 4.81. The maximum atomic E-state index is 11.0. The highest BCUT2D eigenvalue weighted by Crippen LogP contribution is 2.30. The summed E-state index contributed by atoms with van der Waals surface area (Å²) in [6.07, 6.45) is 0. The van der Waals surface area contributed by atoms with Crippen LogP contribution in [0.5, 0.6) is 0 Å². The summed E-state index contributed by atoms with van der Waals surface area (Å²) in [6, 6.07) is 5.94. The number of nitro groups is 1. The highest BCUT2D eigenvalue weighted by atomic mass is 32.1. The lowest BCUT2D eigenvalue weighted by atomic mass is 10.2. The van der Waals surface area contributed by atoms with Crippen LogP contribution < -0.4 is 5.32 Å². The van der Waals surface area contributed by atoms with E-state index in [4.69, 9.17) is 4.74 Å². The van der Waals surface area contributed by atoms with Crippen LogP contribution in [0.15, 0.2) is 29.8 Å². The summed E-state index contributed by atoms with van der Waals surface area (Å²) in [5.41, 5.74) is 2.82. The van der Waals surface area contributed by atoms with Crippen molar-refractivity contribution in [2.24, 2.45) is 0 Å². The summed E-state index contributed by atoms with van der Waals surface area (Å²) in [6.45, 7) is 2.25. The van der Waals surface area contributed by atoms with Crippen LogP contribution in [0.2, 0.25) is 0 Å². The number of carbonyl (C=O) groups is 1. The molecule has 0 fully saturated rings. The molecule has 7 nitrogen and oxygen atoms in total. The first-order chi connectivity index (χ1) is 10.1. The number of nitrogens with zero attached hydrogens (tertiary/aromatic N) is 2. The fraction of sp³-hybridized carbons (Fsp3) is 0.231. The van der Waals surface area contributed by atoms with Crippen LogP contribution in [0.4, 0.5) is 11.4 Å². The fourth-order valence-corrected chi connectivity index (χ4v) is 2.75. The number of hydrogen-bond acceptors (Lipinski definition) is 7. The Balaban J connectivity index is 2.29. The number of anilines is 1. The first-order valence-electron chi connectivity index (χ1n) is 6.08. The number of rotatable bonds is 7. The van der Waals surface area contributed by atoms with Gasteiger partial charge in [0.2, 0.25) is 0 Å². The summed E-state index contributed by atoms with van der Waals surface area (Å²) in [4.78, 5) is 26.0. The number of hydrogen-bond donors (Lipinski definition) is 1. The molecule has 1 atom stereocenters. The first kappa shape index (κ1) is 14.9. The number of ether oxygens (including phenoxy) is 1. The Hall–Kier alpha value is -2.48. The molecule has 110 valence electrons. The Kier molecular flexibility index (Phi) is 4.83. The molecule has 0 bridgehead atoms. The van der Waals surface area contributed by atoms with E-state index in [0.29, 0.717) is 12.2 Å². The number of carbonyl (C=O) groups excluding carboxylic acids is 1. The smallest absolute Gasteiger partial charge is 0.293 e. The van der Waals surface area contributed by atoms with Gasteiger partial charge in [-0.2, -0.15) is 0 Å². The van der Waals surface area contributed by atoms with Gasteiger partial charge in [-0.25, -0.2) is 4.98 Å². The molecule has 0 saturated carbocycles. The Bertz CT molecular complexity index is 644. The molecule has 1 unspecified atom stereocenters. The number of aryl methyl sites for hydroxylation is 1. The number of benzene rings is 1. The largest absolute Gasteiger partial charge is 0.465 e. The van der Waals surface area contributed by atoms with E-state index in [2.05, 4.69) is 10.3 Å². The fourth-order valence-electron chi connectivity index (χ4n) is 1.91. The van der Waals surface area contributed by atoms with Crippen molar-refractivity contribution in [3.05, 3.63) is 50.5 Å². The molecule has 1 N–H and O–H groups in total. The maximum Gasteiger partial charge on any atom is 0.293 e. The van der Waals surface area contributed by atoms with Crippen molar-refractivity contribution in [3.63, 3.8) is 0 Å². The zero-order chi connectivity index (χ0) is 15.2. The third-order valence-corrected chi connectivity index (χ3v) is 3.91. The summed E-state index contributed by atoms with van der Waals surface area (Å²) in [5, 5.41) is 14.1. The van der Waals surface area contributed by atoms with E-state index in [1.54, 1.807) is 23.7 Å². The quantitative estimate of drug-likeness (QED) is 0.480. The second-order valence-electron chi connectivity index (χ2n) is 4.20. The lowest BCUT2D eigenvalue weighted by Gasteiger charge is -2.18. The van der Waals surface area contributed by atoms with Crippen molar-refractivity contribution in [3.8, 4) is 0 Å². The molecule has 1 aromatic heterocycles. The van der Waals surface area contributed by atoms with Gasteiger partial charge in [0.15, 0.2) is 0 Å². The number of nitro benzene ring substituents is 1. The van der Waals surface area contributed by atoms with Crippen molar-refractivity contribution >= 4 is 29.2 Å². The van der Waals surface area contributed by atoms with Crippen molar-refractivity contribution in [1.29, 1.82) is 0 Å². The van der Waals surface area contributed by atoms with Crippen LogP contribution in [0.25, 0.3) is 0 Å². The SMILES string of the molecule is Cc1ncsc1C(COC=O)Nc1ccccc1[N+](=O)[O-]. The average molecular weight is 307 g/mol. The molecule has 2 aromatic rings. The second kappa shape index (κ2) is 6.80. The molecule has 1 aromatic carbocycles. The van der Waals surface area contributed by atoms with Gasteiger partial charge in [0.1, 0.15) is 12.3 Å². The molecule has 8 heteroatoms. The van der Waals surface area contributed by atoms with Gasteiger partial charge < -0.3 is 10.1 Å². The Morgan fingerprint density at radius 2 is 2.29 bits per heavy atom. The predicted octanol–water partition coefficient (Wildman–Crippen LogP) is 2.69. The number of nitrogens with one attached hydrogen (secondary N) is 1. The Labute approximate surface area is 124 Å². The van der Waals surface area contributed by atoms with Crippen LogP contribution in [0.3, 0.4) is 0 Å². The van der Waals surface area contributed by atoms with Crippen LogP contribution in [-0.4, -0.2) is 23.0 Å². The van der Waals surface area contributed by atoms with Gasteiger partial charge in [-0.05, 0) is 13.0 Å². The third-order valence-electron chi connectivity index (χ3n) is 2.86. The molecule has 0 radical (unpaired) electrons. The van der Waals surface area contributed by atoms with Gasteiger partial charge in [-0.1, -0.05) is 12.1 Å². The van der Waals surface area contributed by atoms with Gasteiger partial charge >= 0.3 is 0 Å². The van der Waals surface area contributed by atoms with Crippen LogP contribution in [-0.2, 0) is 9.53 Å². The van der Waals surface area contributed by atoms with E-state index in [9.17, 15) is 14.9 Å². The van der Waals surface area contributed by atoms with E-state index < -0.39 is 4.92 Å². The monoisotopic (exact) mass is 307 g/mol. The second-order valence-corrected chi connectivity index (χ2v) is 5.09. The number of aromatic nitrogens is 1. The highest BCUT2D eigenvalue weighted by molar-refractivity contribution is 7.09. The highest BCUT2D eigenvalue weighted by Gasteiger charge is 2.21. The van der Waals surface area contributed by atoms with Gasteiger partial charge in [0.25, 0.3) is 12.2 Å². The Morgan fingerprint density at radius 3 is 2.90 bits per heavy atom. The van der Waals surface area contributed by atoms with Gasteiger partial charge in [-0.15, -0.1) is 11.3 Å². The molecule has 0 aliphatic rings. The molecule has 1 heterocycles. The zero-order valence-electron chi connectivity index (χ0n) is 11.2. The molecule has 21 heavy (non-hydrogen) atoms. The van der Waals surface area contributed by atoms with Crippen LogP contribution >= 0.6 is 11.3 Å². The number of thiazole rings is 1. The molecule has 0 saturated heterocycles. The van der Waals surface area contributed by atoms with E-state index in [1.165, 1.54) is 17.4 Å². The first-order valence-corrected chi connectivity index (χ1v) is 6.96. The van der Waals surface area contributed by atoms with Crippen LogP contribution in [0, 0.1) is 17.0 Å². The maximum absolute atomic E-state index is 11.0. The minimum Gasteiger partial charge on any atom is -0.465 e. The standard InChI is InChI=1S/C13H13N3O4S/c1-9-13(21-7-14-9)11(6-20-8-17)15-10-4-2-3-5-12(10)16(18)19/h2-5,7-8,11,15H,6H2,1H3. The van der Waals surface area contributed by atoms with E-state index >= 15 is 0 Å². The summed E-state index contributed by atoms with van der Waals surface area (Å²) in [5.74, 6) is 0. The lowest BCUT2D eigenvalue weighted by Crippen LogP contribution is -2.17. The molecule has 2 rings (SSSR count). The molecule has 0 aliphatic heterocycles.